The van der Waals surface area contributed by atoms with Crippen molar-refractivity contribution in [3.63, 3.8) is 0 Å². The normalized spacial score (nSPS) is 30.7. The van der Waals surface area contributed by atoms with Crippen LogP contribution in [0.15, 0.2) is 0 Å². The minimum Gasteiger partial charge on any atom is -0.378 e. The number of rotatable bonds is 2. The highest BCUT2D eigenvalue weighted by Gasteiger charge is 2.49. The molecule has 13 heteroatoms. The molecule has 2 N–H and O–H groups in total. The van der Waals surface area contributed by atoms with Gasteiger partial charge in [0.25, 0.3) is 0 Å². The minimum atomic E-state index is -0.757. The average Bonchev–Trinajstić information content (AvgIpc) is 3.69. The number of piperidine rings is 1. The van der Waals surface area contributed by atoms with Crippen molar-refractivity contribution in [3.8, 4) is 0 Å². The fraction of sp³-hybridized carbons (Fsp3) is 0.759. The van der Waals surface area contributed by atoms with Crippen molar-refractivity contribution in [1.29, 1.82) is 0 Å². The Morgan fingerprint density at radius 3 is 2.48 bits per heavy atom. The van der Waals surface area contributed by atoms with Gasteiger partial charge < -0.3 is 35.0 Å². The Balaban J connectivity index is 1.33. The second kappa shape index (κ2) is 12.1. The summed E-state index contributed by atoms with van der Waals surface area (Å²) in [4.78, 5) is 68.3. The Morgan fingerprint density at radius 2 is 1.76 bits per heavy atom. The number of ether oxygens (including phenoxy) is 1. The van der Waals surface area contributed by atoms with Crippen LogP contribution in [0.2, 0.25) is 0 Å². The van der Waals surface area contributed by atoms with E-state index in [9.17, 15) is 19.2 Å². The first-order valence-electron chi connectivity index (χ1n) is 15.4. The average molecular weight is 602 g/mol. The van der Waals surface area contributed by atoms with Crippen LogP contribution in [-0.2, 0) is 25.5 Å². The lowest BCUT2D eigenvalue weighted by atomic mass is 9.96. The Bertz CT molecular complexity index is 1210. The molecule has 12 nitrogen and oxygen atoms in total. The number of carbonyl (C=O) groups excluding carboxylic acids is 4. The van der Waals surface area contributed by atoms with Crippen molar-refractivity contribution in [2.45, 2.75) is 89.0 Å². The summed E-state index contributed by atoms with van der Waals surface area (Å²) in [5, 5.41) is 7.67. The molecule has 0 saturated carbocycles. The standard InChI is InChI=1S/C29H43N7O5S/c1-17(2)30-20-12-23-27(38)33-6-4-19(5-7-33)26-32-22(18(3)42-26)14-25(37)31-21-13-24(28(39)35(23)15-20)36(16-21)29(40)34-8-10-41-11-9-34/h17,19-21,23-24,30H,4-16H2,1-3H3,(H,31,37)/t20-,21-,23-,24-/m0/s1. The molecule has 0 spiro atoms. The number of urea groups is 1. The Morgan fingerprint density at radius 1 is 1.02 bits per heavy atom. The van der Waals surface area contributed by atoms with Crippen molar-refractivity contribution in [1.82, 2.24) is 35.2 Å². The number of likely N-dealkylation sites (tertiary alicyclic amines) is 1. The zero-order valence-electron chi connectivity index (χ0n) is 24.8. The molecule has 7 heterocycles. The van der Waals surface area contributed by atoms with E-state index in [-0.39, 0.29) is 60.8 Å². The van der Waals surface area contributed by atoms with Crippen molar-refractivity contribution >= 4 is 35.1 Å². The highest BCUT2D eigenvalue weighted by atomic mass is 32.1. The van der Waals surface area contributed by atoms with Gasteiger partial charge >= 0.3 is 6.03 Å². The predicted octanol–water partition coefficient (Wildman–Crippen LogP) is 0.692. The van der Waals surface area contributed by atoms with Gasteiger partial charge in [0.1, 0.15) is 12.1 Å². The van der Waals surface area contributed by atoms with Crippen LogP contribution in [0.3, 0.4) is 0 Å². The second-order valence-corrected chi connectivity index (χ2v) is 13.9. The van der Waals surface area contributed by atoms with Crippen molar-refractivity contribution < 1.29 is 23.9 Å². The first-order valence-corrected chi connectivity index (χ1v) is 16.2. The first-order chi connectivity index (χ1) is 20.2. The van der Waals surface area contributed by atoms with E-state index in [0.717, 1.165) is 28.4 Å². The van der Waals surface area contributed by atoms with Crippen LogP contribution in [0.4, 0.5) is 4.79 Å². The molecule has 0 aliphatic carbocycles. The highest BCUT2D eigenvalue weighted by Crippen LogP contribution is 2.34. The van der Waals surface area contributed by atoms with Crippen LogP contribution in [0, 0.1) is 6.92 Å². The van der Waals surface area contributed by atoms with Gasteiger partial charge in [-0.1, -0.05) is 13.8 Å². The number of aryl methyl sites for hydroxylation is 1. The van der Waals surface area contributed by atoms with E-state index in [2.05, 4.69) is 24.5 Å². The lowest BCUT2D eigenvalue weighted by molar-refractivity contribution is -0.146. The van der Waals surface area contributed by atoms with Crippen LogP contribution in [0.1, 0.15) is 61.0 Å². The highest BCUT2D eigenvalue weighted by molar-refractivity contribution is 7.11. The molecule has 0 unspecified atom stereocenters. The number of carbonyl (C=O) groups is 4. The van der Waals surface area contributed by atoms with Gasteiger partial charge in [0.2, 0.25) is 17.7 Å². The van der Waals surface area contributed by atoms with E-state index in [0.29, 0.717) is 58.8 Å². The maximum absolute atomic E-state index is 14.4. The minimum absolute atomic E-state index is 0.0101. The van der Waals surface area contributed by atoms with E-state index >= 15 is 0 Å². The molecule has 42 heavy (non-hydrogen) atoms. The molecule has 7 rings (SSSR count). The van der Waals surface area contributed by atoms with Gasteiger partial charge in [-0.25, -0.2) is 9.78 Å². The van der Waals surface area contributed by atoms with E-state index in [1.54, 1.807) is 26.0 Å². The number of nitrogens with one attached hydrogen (secondary N) is 2. The fourth-order valence-corrected chi connectivity index (χ4v) is 8.30. The van der Waals surface area contributed by atoms with Crippen LogP contribution in [0.25, 0.3) is 0 Å². The van der Waals surface area contributed by atoms with E-state index in [1.165, 1.54) is 0 Å². The van der Waals surface area contributed by atoms with Gasteiger partial charge in [0, 0.05) is 68.2 Å². The molecule has 0 aromatic carbocycles. The maximum atomic E-state index is 14.4. The lowest BCUT2D eigenvalue weighted by Gasteiger charge is -2.37. The third kappa shape index (κ3) is 5.87. The molecule has 1 aromatic rings. The molecular formula is C29H43N7O5S. The molecule has 1 aromatic heterocycles. The van der Waals surface area contributed by atoms with Crippen LogP contribution in [-0.4, -0.2) is 131 Å². The molecule has 4 saturated heterocycles. The smallest absolute Gasteiger partial charge is 0.320 e. The number of thiazole rings is 1. The van der Waals surface area contributed by atoms with E-state index in [1.807, 2.05) is 11.8 Å². The SMILES string of the molecule is Cc1sc2nc1CC(=O)N[C@H]1C[C@@H](C(=O)N3C[C@@H](NC(C)C)C[C@H]3C(=O)N3CCC2CC3)N(C(=O)N2CCOCC2)C1. The summed E-state index contributed by atoms with van der Waals surface area (Å²) in [6.45, 7) is 9.85. The van der Waals surface area contributed by atoms with Crippen molar-refractivity contribution in [2.75, 3.05) is 52.5 Å². The quantitative estimate of drug-likeness (QED) is 0.511. The summed E-state index contributed by atoms with van der Waals surface area (Å²) in [6.07, 6.45) is 2.65. The summed E-state index contributed by atoms with van der Waals surface area (Å²) >= 11 is 1.65. The van der Waals surface area contributed by atoms with Gasteiger partial charge in [0.15, 0.2) is 0 Å². The number of hydrogen-bond acceptors (Lipinski definition) is 8. The van der Waals surface area contributed by atoms with Gasteiger partial charge in [-0.05, 0) is 32.6 Å². The summed E-state index contributed by atoms with van der Waals surface area (Å²) < 4.78 is 5.45. The predicted molar refractivity (Wildman–Crippen MR) is 156 cm³/mol. The molecule has 230 valence electrons. The van der Waals surface area contributed by atoms with Gasteiger partial charge in [-0.2, -0.15) is 0 Å². The molecule has 0 radical (unpaired) electrons. The Kier molecular flexibility index (Phi) is 8.43. The largest absolute Gasteiger partial charge is 0.378 e. The summed E-state index contributed by atoms with van der Waals surface area (Å²) in [6, 6.07) is -1.73. The number of amides is 5. The molecule has 5 amide bonds. The van der Waals surface area contributed by atoms with Crippen molar-refractivity contribution in [3.05, 3.63) is 15.6 Å². The van der Waals surface area contributed by atoms with Crippen LogP contribution < -0.4 is 10.6 Å². The van der Waals surface area contributed by atoms with Gasteiger partial charge in [-0.15, -0.1) is 11.3 Å². The Hall–Kier alpha value is -2.77. The molecule has 4 fully saturated rings. The lowest BCUT2D eigenvalue weighted by Crippen LogP contribution is -2.56. The Labute approximate surface area is 251 Å². The zero-order valence-corrected chi connectivity index (χ0v) is 25.7. The molecule has 4 atom stereocenters. The number of nitrogens with zero attached hydrogens (tertiary/aromatic N) is 5. The van der Waals surface area contributed by atoms with Gasteiger partial charge in [-0.3, -0.25) is 14.4 Å². The zero-order chi connectivity index (χ0) is 29.5. The summed E-state index contributed by atoms with van der Waals surface area (Å²) in [7, 11) is 0. The molecule has 6 bridgehead atoms. The van der Waals surface area contributed by atoms with Crippen LogP contribution in [0.5, 0.6) is 0 Å². The first kappa shape index (κ1) is 29.3. The monoisotopic (exact) mass is 601 g/mol. The second-order valence-electron chi connectivity index (χ2n) is 12.6. The summed E-state index contributed by atoms with van der Waals surface area (Å²) in [5.41, 5.74) is 0.784. The fourth-order valence-electron chi connectivity index (χ4n) is 7.20. The van der Waals surface area contributed by atoms with E-state index < -0.39 is 12.1 Å². The maximum Gasteiger partial charge on any atom is 0.320 e. The third-order valence-corrected chi connectivity index (χ3v) is 10.5. The van der Waals surface area contributed by atoms with E-state index in [4.69, 9.17) is 9.72 Å². The number of aromatic nitrogens is 1. The molecule has 6 aliphatic heterocycles. The van der Waals surface area contributed by atoms with Crippen molar-refractivity contribution in [2.24, 2.45) is 0 Å². The number of hydrogen-bond donors (Lipinski definition) is 2. The van der Waals surface area contributed by atoms with Gasteiger partial charge in [0.05, 0.1) is 30.3 Å². The summed E-state index contributed by atoms with van der Waals surface area (Å²) in [5.74, 6) is -0.110. The third-order valence-electron chi connectivity index (χ3n) is 9.31. The number of morpholine rings is 1. The molecule has 6 aliphatic rings. The molecular weight excluding hydrogens is 558 g/mol. The topological polar surface area (TPSA) is 127 Å². The number of fused-ring (bicyclic) bond motifs is 4. The van der Waals surface area contributed by atoms with Crippen LogP contribution >= 0.6 is 11.3 Å².